The molecule has 0 saturated heterocycles. The Morgan fingerprint density at radius 2 is 1.89 bits per heavy atom. The highest BCUT2D eigenvalue weighted by Gasteiger charge is 2.27. The topological polar surface area (TPSA) is 78.3 Å². The first-order valence-electron chi connectivity index (χ1n) is 11.5. The molecule has 0 aliphatic heterocycles. The predicted octanol–water partition coefficient (Wildman–Crippen LogP) is 5.38. The van der Waals surface area contributed by atoms with Crippen LogP contribution in [-0.2, 0) is 24.4 Å². The Bertz CT molecular complexity index is 1460. The number of halogens is 1. The monoisotopic (exact) mass is 501 g/mol. The van der Waals surface area contributed by atoms with E-state index in [2.05, 4.69) is 10.3 Å². The minimum Gasteiger partial charge on any atom is -0.467 e. The number of hydrogen-bond donors (Lipinski definition) is 2. The van der Waals surface area contributed by atoms with E-state index in [1.165, 1.54) is 18.2 Å². The van der Waals surface area contributed by atoms with Crippen LogP contribution in [0.4, 0.5) is 4.39 Å². The van der Waals surface area contributed by atoms with E-state index >= 15 is 0 Å². The minimum absolute atomic E-state index is 0.142. The lowest BCUT2D eigenvalue weighted by molar-refractivity contribution is -0.135. The highest BCUT2D eigenvalue weighted by atomic mass is 32.1. The molecule has 0 radical (unpaired) electrons. The molecular weight excluding hydrogens is 477 g/mol. The van der Waals surface area contributed by atoms with E-state index in [0.29, 0.717) is 31.0 Å². The molecule has 36 heavy (non-hydrogen) atoms. The number of nitrogens with one attached hydrogen (secondary N) is 2. The van der Waals surface area contributed by atoms with Crippen molar-refractivity contribution in [3.05, 3.63) is 128 Å². The van der Waals surface area contributed by atoms with Crippen molar-refractivity contribution in [1.29, 1.82) is 0 Å². The van der Waals surface area contributed by atoms with Crippen molar-refractivity contribution in [3.63, 3.8) is 0 Å². The van der Waals surface area contributed by atoms with Gasteiger partial charge in [0.05, 0.1) is 19.4 Å². The number of carbonyl (C=O) groups excluding carboxylic acids is 1. The van der Waals surface area contributed by atoms with Crippen LogP contribution in [0.3, 0.4) is 0 Å². The molecule has 5 aromatic rings. The minimum atomic E-state index is -0.702. The van der Waals surface area contributed by atoms with Gasteiger partial charge in [0.25, 0.3) is 0 Å². The molecule has 5 rings (SSSR count). The number of nitrogens with zero attached hydrogens (tertiary/aromatic N) is 1. The molecular formula is C28H24FN3O3S. The Hall–Kier alpha value is -4.01. The van der Waals surface area contributed by atoms with E-state index in [4.69, 9.17) is 4.42 Å². The van der Waals surface area contributed by atoms with Gasteiger partial charge in [-0.25, -0.2) is 4.39 Å². The fourth-order valence-corrected chi connectivity index (χ4v) is 4.83. The van der Waals surface area contributed by atoms with Crippen molar-refractivity contribution in [2.45, 2.75) is 25.7 Å². The van der Waals surface area contributed by atoms with E-state index in [0.717, 1.165) is 21.3 Å². The molecule has 0 saturated carbocycles. The lowest BCUT2D eigenvalue weighted by atomic mass is 10.0. The molecule has 2 N–H and O–H groups in total. The number of pyridine rings is 1. The summed E-state index contributed by atoms with van der Waals surface area (Å²) in [6.07, 6.45) is 1.59. The third-order valence-electron chi connectivity index (χ3n) is 5.91. The van der Waals surface area contributed by atoms with Crippen molar-refractivity contribution in [3.8, 4) is 0 Å². The summed E-state index contributed by atoms with van der Waals surface area (Å²) in [6.45, 7) is 1.14. The second-order valence-corrected chi connectivity index (χ2v) is 9.49. The van der Waals surface area contributed by atoms with Gasteiger partial charge in [0.2, 0.25) is 11.5 Å². The number of carbonyl (C=O) groups is 1. The number of furan rings is 1. The average molecular weight is 502 g/mol. The fourth-order valence-electron chi connectivity index (χ4n) is 4.11. The van der Waals surface area contributed by atoms with Crippen LogP contribution in [-0.4, -0.2) is 15.8 Å². The van der Waals surface area contributed by atoms with Gasteiger partial charge < -0.3 is 14.3 Å². The van der Waals surface area contributed by atoms with Gasteiger partial charge in [0.15, 0.2) is 0 Å². The standard InChI is InChI=1S/C28H24FN3O3S/c29-22-9-6-20(7-10-22)27(30-16-19-5-11-25-21(15-19)8-12-26(33)31-25)28(34)32(17-23-3-1-13-35-23)18-24-4-2-14-36-24/h1-15,27,30H,16-18H2,(H,31,33)/t27-/m1/s1. The fraction of sp³-hybridized carbons (Fsp3) is 0.143. The number of rotatable bonds is 9. The Labute approximate surface area is 211 Å². The van der Waals surface area contributed by atoms with Crippen LogP contribution < -0.4 is 10.9 Å². The maximum absolute atomic E-state index is 13.9. The summed E-state index contributed by atoms with van der Waals surface area (Å²) >= 11 is 1.58. The predicted molar refractivity (Wildman–Crippen MR) is 138 cm³/mol. The summed E-state index contributed by atoms with van der Waals surface area (Å²) in [5.74, 6) is 0.178. The first kappa shape index (κ1) is 23.7. The average Bonchev–Trinajstić information content (AvgIpc) is 3.59. The molecule has 8 heteroatoms. The van der Waals surface area contributed by atoms with E-state index in [-0.39, 0.29) is 17.3 Å². The quantitative estimate of drug-likeness (QED) is 0.284. The Balaban J connectivity index is 1.43. The number of aromatic amines is 1. The van der Waals surface area contributed by atoms with Crippen LogP contribution in [0.15, 0.2) is 99.7 Å². The molecule has 0 aliphatic rings. The SMILES string of the molecule is O=C([C@H](NCc1ccc2[nH]c(=O)ccc2c1)c1ccc(F)cc1)N(Cc1ccco1)Cc1cccs1. The van der Waals surface area contributed by atoms with E-state index in [1.54, 1.807) is 46.8 Å². The first-order valence-corrected chi connectivity index (χ1v) is 12.4. The molecule has 2 aromatic carbocycles. The zero-order chi connectivity index (χ0) is 24.9. The molecule has 0 fully saturated rings. The lowest BCUT2D eigenvalue weighted by Gasteiger charge is -2.27. The number of hydrogen-bond acceptors (Lipinski definition) is 5. The van der Waals surface area contributed by atoms with Crippen LogP contribution in [0.1, 0.15) is 27.8 Å². The zero-order valence-corrected chi connectivity index (χ0v) is 20.1. The van der Waals surface area contributed by atoms with Crippen molar-refractivity contribution in [2.75, 3.05) is 0 Å². The van der Waals surface area contributed by atoms with Crippen molar-refractivity contribution in [2.24, 2.45) is 0 Å². The Kier molecular flexibility index (Phi) is 7.06. The third-order valence-corrected chi connectivity index (χ3v) is 6.78. The van der Waals surface area contributed by atoms with E-state index < -0.39 is 6.04 Å². The van der Waals surface area contributed by atoms with E-state index in [1.807, 2.05) is 41.8 Å². The Morgan fingerprint density at radius 1 is 1.03 bits per heavy atom. The normalized spacial score (nSPS) is 12.0. The van der Waals surface area contributed by atoms with Crippen LogP contribution in [0.5, 0.6) is 0 Å². The number of benzene rings is 2. The van der Waals surface area contributed by atoms with Gasteiger partial charge in [0.1, 0.15) is 17.6 Å². The lowest BCUT2D eigenvalue weighted by Crippen LogP contribution is -2.40. The van der Waals surface area contributed by atoms with Gasteiger partial charge in [-0.3, -0.25) is 14.9 Å². The first-order chi connectivity index (χ1) is 17.5. The molecule has 0 aliphatic carbocycles. The molecule has 0 spiro atoms. The van der Waals surface area contributed by atoms with Crippen LogP contribution in [0.25, 0.3) is 10.9 Å². The van der Waals surface area contributed by atoms with Gasteiger partial charge >= 0.3 is 0 Å². The van der Waals surface area contributed by atoms with Crippen LogP contribution in [0.2, 0.25) is 0 Å². The molecule has 0 unspecified atom stereocenters. The van der Waals surface area contributed by atoms with Gasteiger partial charge in [-0.15, -0.1) is 11.3 Å². The molecule has 1 atom stereocenters. The largest absolute Gasteiger partial charge is 0.467 e. The summed E-state index contributed by atoms with van der Waals surface area (Å²) in [7, 11) is 0. The molecule has 1 amide bonds. The third kappa shape index (κ3) is 5.62. The highest BCUT2D eigenvalue weighted by Crippen LogP contribution is 2.23. The number of H-pyrrole nitrogens is 1. The van der Waals surface area contributed by atoms with Gasteiger partial charge in [0, 0.05) is 23.0 Å². The van der Waals surface area contributed by atoms with Crippen LogP contribution >= 0.6 is 11.3 Å². The van der Waals surface area contributed by atoms with E-state index in [9.17, 15) is 14.0 Å². The second-order valence-electron chi connectivity index (χ2n) is 8.46. The van der Waals surface area contributed by atoms with Crippen molar-refractivity contribution >= 4 is 28.1 Å². The van der Waals surface area contributed by atoms with Crippen LogP contribution in [0, 0.1) is 5.82 Å². The van der Waals surface area contributed by atoms with Crippen molar-refractivity contribution in [1.82, 2.24) is 15.2 Å². The van der Waals surface area contributed by atoms with Crippen molar-refractivity contribution < 1.29 is 13.6 Å². The summed E-state index contributed by atoms with van der Waals surface area (Å²) in [4.78, 5) is 31.1. The Morgan fingerprint density at radius 3 is 2.64 bits per heavy atom. The maximum atomic E-state index is 13.9. The number of fused-ring (bicyclic) bond motifs is 1. The maximum Gasteiger partial charge on any atom is 0.248 e. The smallest absolute Gasteiger partial charge is 0.248 e. The number of aromatic nitrogens is 1. The zero-order valence-electron chi connectivity index (χ0n) is 19.3. The number of thiophene rings is 1. The second kappa shape index (κ2) is 10.7. The molecule has 182 valence electrons. The summed E-state index contributed by atoms with van der Waals surface area (Å²) in [6, 6.07) is 21.9. The van der Waals surface area contributed by atoms with Gasteiger partial charge in [-0.05, 0) is 70.4 Å². The summed E-state index contributed by atoms with van der Waals surface area (Å²) < 4.78 is 19.2. The number of amides is 1. The highest BCUT2D eigenvalue weighted by molar-refractivity contribution is 7.09. The molecule has 3 heterocycles. The van der Waals surface area contributed by atoms with Gasteiger partial charge in [-0.1, -0.05) is 24.3 Å². The summed E-state index contributed by atoms with van der Waals surface area (Å²) in [5, 5.41) is 6.25. The molecule has 0 bridgehead atoms. The molecule has 3 aromatic heterocycles. The summed E-state index contributed by atoms with van der Waals surface area (Å²) in [5.41, 5.74) is 2.21. The van der Waals surface area contributed by atoms with Gasteiger partial charge in [-0.2, -0.15) is 0 Å². The molecule has 6 nitrogen and oxygen atoms in total.